The summed E-state index contributed by atoms with van der Waals surface area (Å²) < 4.78 is 34.0. The Balaban J connectivity index is 0.000000868. The topological polar surface area (TPSA) is 158 Å². The molecule has 9 nitrogen and oxygen atoms in total. The molecule has 0 amide bonds. The van der Waals surface area contributed by atoms with E-state index in [1.807, 2.05) is 73.2 Å². The van der Waals surface area contributed by atoms with Gasteiger partial charge in [-0.05, 0) is 36.4 Å². The Kier molecular flexibility index (Phi) is 15.0. The SMILES string of the molecule is CC#N.[Cu+].[O-][Cl+3]([O-])([O-])[O-].c1ccc(CN(Cc2ccccn2)Cc2ccccn2)nc1. The first-order valence-electron chi connectivity index (χ1n) is 8.66. The number of hydrogen-bond acceptors (Lipinski definition) is 9. The number of aromatic nitrogens is 3. The van der Waals surface area contributed by atoms with Crippen LogP contribution in [0, 0.1) is 21.6 Å². The Morgan fingerprint density at radius 2 is 1.00 bits per heavy atom. The van der Waals surface area contributed by atoms with Crippen molar-refractivity contribution in [1.29, 1.82) is 5.26 Å². The first kappa shape index (κ1) is 28.5. The Hall–Kier alpha value is -2.45. The molecule has 0 bridgehead atoms. The zero-order valence-corrected chi connectivity index (χ0v) is 18.3. The second-order valence-corrected chi connectivity index (χ2v) is 6.47. The van der Waals surface area contributed by atoms with Gasteiger partial charge >= 0.3 is 17.1 Å². The molecule has 0 aliphatic carbocycles. The third-order valence-electron chi connectivity index (χ3n) is 3.34. The minimum atomic E-state index is -4.94. The van der Waals surface area contributed by atoms with Crippen LogP contribution < -0.4 is 18.6 Å². The summed E-state index contributed by atoms with van der Waals surface area (Å²) in [6.07, 6.45) is 5.49. The molecular weight excluding hydrogens is 473 g/mol. The summed E-state index contributed by atoms with van der Waals surface area (Å²) in [5.74, 6) is 0. The second kappa shape index (κ2) is 16.3. The van der Waals surface area contributed by atoms with Crippen molar-refractivity contribution >= 4 is 0 Å². The van der Waals surface area contributed by atoms with Gasteiger partial charge in [-0.25, -0.2) is 18.6 Å². The van der Waals surface area contributed by atoms with Crippen molar-refractivity contribution < 1.29 is 45.9 Å². The maximum Gasteiger partial charge on any atom is 1.00 e. The Bertz CT molecular complexity index is 761. The van der Waals surface area contributed by atoms with Crippen LogP contribution in [0.2, 0.25) is 0 Å². The van der Waals surface area contributed by atoms with Crippen LogP contribution in [0.4, 0.5) is 0 Å². The molecule has 3 aromatic heterocycles. The average molecular weight is 494 g/mol. The van der Waals surface area contributed by atoms with Crippen molar-refractivity contribution in [2.75, 3.05) is 0 Å². The van der Waals surface area contributed by atoms with E-state index in [1.54, 1.807) is 6.07 Å². The molecule has 0 unspecified atom stereocenters. The zero-order valence-electron chi connectivity index (χ0n) is 16.6. The van der Waals surface area contributed by atoms with Gasteiger partial charge in [0.25, 0.3) is 0 Å². The molecule has 0 aliphatic heterocycles. The van der Waals surface area contributed by atoms with Gasteiger partial charge in [0.15, 0.2) is 0 Å². The Labute approximate surface area is 193 Å². The molecule has 0 saturated carbocycles. The number of rotatable bonds is 6. The van der Waals surface area contributed by atoms with Crippen molar-refractivity contribution in [2.24, 2.45) is 0 Å². The summed E-state index contributed by atoms with van der Waals surface area (Å²) in [7, 11) is -4.94. The fourth-order valence-electron chi connectivity index (χ4n) is 2.33. The molecule has 0 aromatic carbocycles. The van der Waals surface area contributed by atoms with Gasteiger partial charge in [0, 0.05) is 45.1 Å². The quantitative estimate of drug-likeness (QED) is 0.386. The van der Waals surface area contributed by atoms with Crippen molar-refractivity contribution in [3.05, 3.63) is 90.3 Å². The number of nitriles is 1. The number of halogens is 1. The molecule has 3 heterocycles. The first-order chi connectivity index (χ1) is 14.3. The van der Waals surface area contributed by atoms with Crippen molar-refractivity contribution in [3.8, 4) is 6.07 Å². The molecule has 0 atom stereocenters. The monoisotopic (exact) mass is 493 g/mol. The summed E-state index contributed by atoms with van der Waals surface area (Å²) in [5.41, 5.74) is 3.15. The molecule has 3 rings (SSSR count). The van der Waals surface area contributed by atoms with E-state index in [4.69, 9.17) is 23.9 Å². The number of hydrogen-bond donors (Lipinski definition) is 0. The molecule has 31 heavy (non-hydrogen) atoms. The molecular formula is C20H21ClCuN5O4. The predicted molar refractivity (Wildman–Crippen MR) is 96.9 cm³/mol. The molecule has 0 N–H and O–H groups in total. The second-order valence-electron chi connectivity index (χ2n) is 5.71. The molecule has 11 heteroatoms. The fraction of sp³-hybridized carbons (Fsp3) is 0.200. The normalized spacial score (nSPS) is 9.84. The van der Waals surface area contributed by atoms with Gasteiger partial charge in [0.05, 0.1) is 23.2 Å². The maximum atomic E-state index is 8.49. The zero-order chi connectivity index (χ0) is 22.2. The largest absolute Gasteiger partial charge is 1.00 e. The van der Waals surface area contributed by atoms with E-state index < -0.39 is 10.2 Å². The van der Waals surface area contributed by atoms with E-state index in [1.165, 1.54) is 6.92 Å². The van der Waals surface area contributed by atoms with Gasteiger partial charge < -0.3 is 0 Å². The van der Waals surface area contributed by atoms with Crippen LogP contribution in [-0.2, 0) is 36.7 Å². The molecule has 0 saturated heterocycles. The minimum Gasteiger partial charge on any atom is -0.286 e. The fourth-order valence-corrected chi connectivity index (χ4v) is 2.33. The van der Waals surface area contributed by atoms with Crippen LogP contribution in [0.3, 0.4) is 0 Å². The first-order valence-corrected chi connectivity index (χ1v) is 9.90. The maximum absolute atomic E-state index is 8.49. The molecule has 0 aliphatic rings. The van der Waals surface area contributed by atoms with Gasteiger partial charge in [0.2, 0.25) is 0 Å². The van der Waals surface area contributed by atoms with Crippen molar-refractivity contribution in [2.45, 2.75) is 26.6 Å². The van der Waals surface area contributed by atoms with Gasteiger partial charge in [-0.3, -0.25) is 19.9 Å². The summed E-state index contributed by atoms with van der Waals surface area (Å²) in [6.45, 7) is 3.75. The average Bonchev–Trinajstić information content (AvgIpc) is 2.70. The summed E-state index contributed by atoms with van der Waals surface area (Å²) in [6, 6.07) is 19.7. The summed E-state index contributed by atoms with van der Waals surface area (Å²) >= 11 is 0. The van der Waals surface area contributed by atoms with E-state index in [-0.39, 0.29) is 17.1 Å². The van der Waals surface area contributed by atoms with Crippen LogP contribution in [-0.4, -0.2) is 19.9 Å². The van der Waals surface area contributed by atoms with Crippen LogP contribution >= 0.6 is 0 Å². The number of pyridine rings is 3. The van der Waals surface area contributed by atoms with E-state index in [2.05, 4.69) is 19.9 Å². The Morgan fingerprint density at radius 3 is 1.19 bits per heavy atom. The van der Waals surface area contributed by atoms with E-state index in [0.717, 1.165) is 36.7 Å². The Morgan fingerprint density at radius 1 is 0.742 bits per heavy atom. The predicted octanol–water partition coefficient (Wildman–Crippen LogP) is -1.15. The van der Waals surface area contributed by atoms with Crippen LogP contribution in [0.15, 0.2) is 73.2 Å². The van der Waals surface area contributed by atoms with Crippen LogP contribution in [0.5, 0.6) is 0 Å². The number of nitrogens with zero attached hydrogens (tertiary/aromatic N) is 5. The standard InChI is InChI=1S/C18H18N4.C2H3N.ClHO4.Cu/c1-4-10-19-16(7-1)13-22(14-17-8-2-5-11-20-17)15-18-9-3-6-12-21-18;1-2-3;2-1(3,4)5;/h1-12H,13-15H2;1H3;(H,2,3,4,5);/q;;;+1/p-1. The van der Waals surface area contributed by atoms with Crippen LogP contribution in [0.25, 0.3) is 0 Å². The smallest absolute Gasteiger partial charge is 0.286 e. The molecule has 168 valence electrons. The molecule has 0 spiro atoms. The molecule has 0 fully saturated rings. The third kappa shape index (κ3) is 16.0. The van der Waals surface area contributed by atoms with Crippen molar-refractivity contribution in [1.82, 2.24) is 19.9 Å². The summed E-state index contributed by atoms with van der Waals surface area (Å²) in [4.78, 5) is 15.6. The van der Waals surface area contributed by atoms with Crippen molar-refractivity contribution in [3.63, 3.8) is 0 Å². The molecule has 3 aromatic rings. The van der Waals surface area contributed by atoms with E-state index in [9.17, 15) is 0 Å². The van der Waals surface area contributed by atoms with Gasteiger partial charge in [-0.15, -0.1) is 10.2 Å². The third-order valence-corrected chi connectivity index (χ3v) is 3.34. The van der Waals surface area contributed by atoms with Crippen LogP contribution in [0.1, 0.15) is 24.0 Å². The van der Waals surface area contributed by atoms with Gasteiger partial charge in [0.1, 0.15) is 0 Å². The molecule has 0 radical (unpaired) electrons. The van der Waals surface area contributed by atoms with E-state index >= 15 is 0 Å². The van der Waals surface area contributed by atoms with Gasteiger partial charge in [-0.1, -0.05) is 18.2 Å². The summed E-state index contributed by atoms with van der Waals surface area (Å²) in [5, 5.41) is 7.32. The van der Waals surface area contributed by atoms with Gasteiger partial charge in [-0.2, -0.15) is 5.26 Å². The van der Waals surface area contributed by atoms with E-state index in [0.29, 0.717) is 0 Å². The minimum absolute atomic E-state index is 0.